The van der Waals surface area contributed by atoms with Gasteiger partial charge in [-0.2, -0.15) is 8.78 Å². The molecule has 4 nitrogen and oxygen atoms in total. The van der Waals surface area contributed by atoms with Gasteiger partial charge in [-0.1, -0.05) is 0 Å². The number of aromatic nitrogens is 1. The van der Waals surface area contributed by atoms with Gasteiger partial charge in [-0.15, -0.1) is 0 Å². The zero-order valence-electron chi connectivity index (χ0n) is 7.38. The fraction of sp³-hybridized carbons (Fsp3) is 0.250. The van der Waals surface area contributed by atoms with Gasteiger partial charge in [0.05, 0.1) is 12.3 Å². The quantitative estimate of drug-likeness (QED) is 0.576. The van der Waals surface area contributed by atoms with Crippen LogP contribution < -0.4 is 5.73 Å². The molecule has 1 aromatic heterocycles. The second-order valence-corrected chi connectivity index (χ2v) is 2.41. The Kier molecular flexibility index (Phi) is 2.95. The van der Waals surface area contributed by atoms with Gasteiger partial charge in [0.25, 0.3) is 5.95 Å². The number of rotatable bonds is 2. The van der Waals surface area contributed by atoms with Gasteiger partial charge in [-0.3, -0.25) is 0 Å². The number of nitrogen functional groups attached to an aromatic ring is 1. The minimum absolute atomic E-state index is 0.122. The number of carbonyl (C=O) groups is 1. The molecule has 0 aromatic carbocycles. The Labute approximate surface area is 78.7 Å². The molecule has 2 N–H and O–H groups in total. The van der Waals surface area contributed by atoms with Crippen LogP contribution in [0.25, 0.3) is 0 Å². The highest BCUT2D eigenvalue weighted by Gasteiger charge is 2.17. The van der Waals surface area contributed by atoms with Crippen molar-refractivity contribution in [1.29, 1.82) is 0 Å². The number of nitrogens with two attached hydrogens (primary N) is 1. The summed E-state index contributed by atoms with van der Waals surface area (Å²) in [5.74, 6) is -3.50. The van der Waals surface area contributed by atoms with Crippen LogP contribution in [-0.2, 0) is 4.74 Å². The molecule has 0 radical (unpaired) electrons. The van der Waals surface area contributed by atoms with Gasteiger partial charge in [0, 0.05) is 6.20 Å². The lowest BCUT2D eigenvalue weighted by Crippen LogP contribution is -2.11. The van der Waals surface area contributed by atoms with Crippen molar-refractivity contribution in [3.8, 4) is 0 Å². The van der Waals surface area contributed by atoms with Crippen molar-refractivity contribution in [1.82, 2.24) is 4.98 Å². The number of hydrogen-bond donors (Lipinski definition) is 1. The fourth-order valence-corrected chi connectivity index (χ4v) is 0.848. The maximum Gasteiger partial charge on any atom is 0.341 e. The third-order valence-corrected chi connectivity index (χ3v) is 1.51. The summed E-state index contributed by atoms with van der Waals surface area (Å²) < 4.78 is 29.9. The van der Waals surface area contributed by atoms with Crippen LogP contribution in [0.15, 0.2) is 6.20 Å². The summed E-state index contributed by atoms with van der Waals surface area (Å²) in [6.45, 7) is 1.71. The summed E-state index contributed by atoms with van der Waals surface area (Å²) in [4.78, 5) is 14.1. The Morgan fingerprint density at radius 1 is 1.64 bits per heavy atom. The van der Waals surface area contributed by atoms with Crippen molar-refractivity contribution >= 4 is 11.7 Å². The predicted molar refractivity (Wildman–Crippen MR) is 44.5 cm³/mol. The number of esters is 1. The van der Waals surface area contributed by atoms with Crippen LogP contribution in [0.4, 0.5) is 14.5 Å². The van der Waals surface area contributed by atoms with E-state index >= 15 is 0 Å². The highest BCUT2D eigenvalue weighted by atomic mass is 19.2. The monoisotopic (exact) mass is 202 g/mol. The average molecular weight is 202 g/mol. The lowest BCUT2D eigenvalue weighted by atomic mass is 10.2. The number of carbonyl (C=O) groups excluding carboxylic acids is 1. The number of pyridine rings is 1. The number of halogens is 2. The van der Waals surface area contributed by atoms with Crippen molar-refractivity contribution in [3.63, 3.8) is 0 Å². The maximum absolute atomic E-state index is 12.8. The number of hydrogen-bond acceptors (Lipinski definition) is 4. The molecule has 0 spiro atoms. The third-order valence-electron chi connectivity index (χ3n) is 1.51. The van der Waals surface area contributed by atoms with Crippen LogP contribution in [0.1, 0.15) is 17.3 Å². The Hall–Kier alpha value is -1.72. The van der Waals surface area contributed by atoms with Crippen LogP contribution >= 0.6 is 0 Å². The lowest BCUT2D eigenvalue weighted by molar-refractivity contribution is 0.0526. The van der Waals surface area contributed by atoms with Crippen LogP contribution in [0.2, 0.25) is 0 Å². The van der Waals surface area contributed by atoms with E-state index in [1.165, 1.54) is 0 Å². The molecule has 0 aliphatic heterocycles. The van der Waals surface area contributed by atoms with Gasteiger partial charge in [0.15, 0.2) is 0 Å². The summed E-state index contributed by atoms with van der Waals surface area (Å²) in [5.41, 5.74) is 4.30. The van der Waals surface area contributed by atoms with E-state index in [1.807, 2.05) is 0 Å². The highest BCUT2D eigenvalue weighted by molar-refractivity contribution is 5.94. The van der Waals surface area contributed by atoms with E-state index in [1.54, 1.807) is 6.92 Å². The van der Waals surface area contributed by atoms with E-state index in [9.17, 15) is 13.6 Å². The summed E-state index contributed by atoms with van der Waals surface area (Å²) in [6.07, 6.45) is 0.839. The summed E-state index contributed by atoms with van der Waals surface area (Å²) in [7, 11) is 0. The van der Waals surface area contributed by atoms with E-state index in [-0.39, 0.29) is 12.2 Å². The SMILES string of the molecule is CCOC(=O)c1cnc(F)c(F)c1N. The van der Waals surface area contributed by atoms with Gasteiger partial charge >= 0.3 is 5.97 Å². The maximum atomic E-state index is 12.8. The molecule has 0 saturated heterocycles. The summed E-state index contributed by atoms with van der Waals surface area (Å²) in [5, 5.41) is 0. The molecule has 0 bridgehead atoms. The average Bonchev–Trinajstić information content (AvgIpc) is 2.15. The minimum atomic E-state index is -1.34. The first-order valence-electron chi connectivity index (χ1n) is 3.84. The van der Waals surface area contributed by atoms with Crippen LogP contribution in [0, 0.1) is 11.8 Å². The van der Waals surface area contributed by atoms with Gasteiger partial charge in [0.1, 0.15) is 5.56 Å². The molecule has 6 heteroatoms. The first-order chi connectivity index (χ1) is 6.57. The van der Waals surface area contributed by atoms with E-state index in [0.717, 1.165) is 6.20 Å². The van der Waals surface area contributed by atoms with Crippen molar-refractivity contribution in [3.05, 3.63) is 23.5 Å². The first-order valence-corrected chi connectivity index (χ1v) is 3.84. The minimum Gasteiger partial charge on any atom is -0.462 e. The lowest BCUT2D eigenvalue weighted by Gasteiger charge is -2.05. The molecule has 0 saturated carbocycles. The molecule has 1 heterocycles. The number of nitrogens with zero attached hydrogens (tertiary/aromatic N) is 1. The molecule has 1 aromatic rings. The number of anilines is 1. The van der Waals surface area contributed by atoms with E-state index < -0.39 is 23.4 Å². The normalized spacial score (nSPS) is 9.93. The summed E-state index contributed by atoms with van der Waals surface area (Å²) >= 11 is 0. The molecule has 0 unspecified atom stereocenters. The van der Waals surface area contributed by atoms with Crippen molar-refractivity contribution in [2.45, 2.75) is 6.92 Å². The Bertz CT molecular complexity index is 369. The van der Waals surface area contributed by atoms with Crippen molar-refractivity contribution in [2.75, 3.05) is 12.3 Å². The molecule has 1 rings (SSSR count). The predicted octanol–water partition coefficient (Wildman–Crippen LogP) is 1.12. The summed E-state index contributed by atoms with van der Waals surface area (Å²) in [6, 6.07) is 0. The first kappa shape index (κ1) is 10.4. The van der Waals surface area contributed by atoms with Crippen molar-refractivity contribution in [2.24, 2.45) is 0 Å². The molecule has 0 aliphatic carbocycles. The van der Waals surface area contributed by atoms with Gasteiger partial charge < -0.3 is 10.5 Å². The molecule has 14 heavy (non-hydrogen) atoms. The largest absolute Gasteiger partial charge is 0.462 e. The van der Waals surface area contributed by atoms with E-state index in [4.69, 9.17) is 5.73 Å². The topological polar surface area (TPSA) is 65.2 Å². The van der Waals surface area contributed by atoms with Crippen LogP contribution in [-0.4, -0.2) is 17.6 Å². The Morgan fingerprint density at radius 3 is 2.86 bits per heavy atom. The zero-order chi connectivity index (χ0) is 10.7. The van der Waals surface area contributed by atoms with E-state index in [0.29, 0.717) is 0 Å². The van der Waals surface area contributed by atoms with Crippen LogP contribution in [0.3, 0.4) is 0 Å². The zero-order valence-corrected chi connectivity index (χ0v) is 7.38. The second kappa shape index (κ2) is 3.99. The molecule has 0 amide bonds. The molecular formula is C8H8F2N2O2. The van der Waals surface area contributed by atoms with Gasteiger partial charge in [0.2, 0.25) is 5.82 Å². The van der Waals surface area contributed by atoms with Gasteiger partial charge in [-0.05, 0) is 6.92 Å². The standard InChI is InChI=1S/C8H8F2N2O2/c1-2-14-8(13)4-3-12-7(10)5(9)6(4)11/h3H,2H2,1H3,(H2,11,12). The smallest absolute Gasteiger partial charge is 0.341 e. The molecule has 0 aliphatic rings. The molecular weight excluding hydrogens is 194 g/mol. The number of ether oxygens (including phenoxy) is 1. The van der Waals surface area contributed by atoms with E-state index in [2.05, 4.69) is 9.72 Å². The fourth-order valence-electron chi connectivity index (χ4n) is 0.848. The second-order valence-electron chi connectivity index (χ2n) is 2.41. The van der Waals surface area contributed by atoms with Gasteiger partial charge in [-0.25, -0.2) is 9.78 Å². The Morgan fingerprint density at radius 2 is 2.29 bits per heavy atom. The molecule has 0 fully saturated rings. The Balaban J connectivity index is 3.11. The molecule has 76 valence electrons. The highest BCUT2D eigenvalue weighted by Crippen LogP contribution is 2.17. The van der Waals surface area contributed by atoms with Crippen LogP contribution in [0.5, 0.6) is 0 Å². The van der Waals surface area contributed by atoms with Crippen molar-refractivity contribution < 1.29 is 18.3 Å². The third kappa shape index (κ3) is 1.78. The molecule has 0 atom stereocenters.